The summed E-state index contributed by atoms with van der Waals surface area (Å²) in [7, 11) is 0. The first-order valence-electron chi connectivity index (χ1n) is 7.17. The summed E-state index contributed by atoms with van der Waals surface area (Å²) in [4.78, 5) is 4.36. The third-order valence-electron chi connectivity index (χ3n) is 2.99. The second-order valence-electron chi connectivity index (χ2n) is 4.68. The van der Waals surface area contributed by atoms with Crippen LogP contribution in [0.1, 0.15) is 37.9 Å². The molecule has 1 unspecified atom stereocenters. The van der Waals surface area contributed by atoms with Gasteiger partial charge in [-0.25, -0.2) is 0 Å². The van der Waals surface area contributed by atoms with Gasteiger partial charge >= 0.3 is 0 Å². The summed E-state index contributed by atoms with van der Waals surface area (Å²) in [6, 6.07) is 4.05. The van der Waals surface area contributed by atoms with Gasteiger partial charge in [0.15, 0.2) is 0 Å². The van der Waals surface area contributed by atoms with Crippen LogP contribution in [0.2, 0.25) is 0 Å². The molecular formula is C15H26N2O2. The maximum absolute atomic E-state index is 9.75. The first-order valence-corrected chi connectivity index (χ1v) is 7.17. The van der Waals surface area contributed by atoms with Gasteiger partial charge in [0.25, 0.3) is 0 Å². The summed E-state index contributed by atoms with van der Waals surface area (Å²) in [6.07, 6.45) is 4.50. The van der Waals surface area contributed by atoms with Crippen LogP contribution in [0, 0.1) is 0 Å². The molecule has 4 nitrogen and oxygen atoms in total. The molecule has 2 N–H and O–H groups in total. The molecule has 0 aliphatic heterocycles. The first kappa shape index (κ1) is 16.1. The van der Waals surface area contributed by atoms with Crippen molar-refractivity contribution < 1.29 is 9.84 Å². The maximum Gasteiger partial charge on any atom is 0.0897 e. The predicted molar refractivity (Wildman–Crippen MR) is 77.1 cm³/mol. The van der Waals surface area contributed by atoms with Crippen molar-refractivity contribution in [2.75, 3.05) is 19.8 Å². The van der Waals surface area contributed by atoms with E-state index >= 15 is 0 Å². The summed E-state index contributed by atoms with van der Waals surface area (Å²) < 4.78 is 5.38. The minimum atomic E-state index is -0.453. The van der Waals surface area contributed by atoms with Crippen LogP contribution in [-0.4, -0.2) is 36.0 Å². The monoisotopic (exact) mass is 266 g/mol. The van der Waals surface area contributed by atoms with Gasteiger partial charge in [0.05, 0.1) is 18.4 Å². The highest BCUT2D eigenvalue weighted by atomic mass is 16.5. The predicted octanol–water partition coefficient (Wildman–Crippen LogP) is 1.91. The van der Waals surface area contributed by atoms with Gasteiger partial charge in [-0.05, 0) is 24.5 Å². The van der Waals surface area contributed by atoms with E-state index in [4.69, 9.17) is 4.74 Å². The number of nitrogens with zero attached hydrogens (tertiary/aromatic N) is 1. The van der Waals surface area contributed by atoms with E-state index in [1.54, 1.807) is 6.20 Å². The second kappa shape index (κ2) is 9.89. The zero-order valence-electron chi connectivity index (χ0n) is 12.1. The zero-order chi connectivity index (χ0) is 13.9. The van der Waals surface area contributed by atoms with Crippen LogP contribution in [-0.2, 0) is 17.7 Å². The largest absolute Gasteiger partial charge is 0.389 e. The number of unbranched alkanes of at least 4 members (excludes halogenated alkanes) is 1. The number of pyridine rings is 1. The highest BCUT2D eigenvalue weighted by Gasteiger charge is 2.05. The Morgan fingerprint density at radius 2 is 2.26 bits per heavy atom. The second-order valence-corrected chi connectivity index (χ2v) is 4.68. The average Bonchev–Trinajstić information content (AvgIpc) is 2.44. The SMILES string of the molecule is CCCCOCC(O)CNCc1ncccc1CC. The summed E-state index contributed by atoms with van der Waals surface area (Å²) in [6.45, 7) is 6.60. The molecule has 1 atom stereocenters. The molecular weight excluding hydrogens is 240 g/mol. The van der Waals surface area contributed by atoms with Crippen molar-refractivity contribution >= 4 is 0 Å². The van der Waals surface area contributed by atoms with Crippen molar-refractivity contribution in [3.05, 3.63) is 29.6 Å². The Morgan fingerprint density at radius 3 is 3.00 bits per heavy atom. The number of rotatable bonds is 10. The molecule has 0 radical (unpaired) electrons. The van der Waals surface area contributed by atoms with Crippen LogP contribution in [0.4, 0.5) is 0 Å². The van der Waals surface area contributed by atoms with Crippen LogP contribution in [0.3, 0.4) is 0 Å². The Balaban J connectivity index is 2.18. The quantitative estimate of drug-likeness (QED) is 0.635. The van der Waals surface area contributed by atoms with Gasteiger partial charge in [-0.1, -0.05) is 26.3 Å². The lowest BCUT2D eigenvalue weighted by atomic mass is 10.1. The lowest BCUT2D eigenvalue weighted by molar-refractivity contribution is 0.0357. The van der Waals surface area contributed by atoms with Crippen LogP contribution < -0.4 is 5.32 Å². The smallest absolute Gasteiger partial charge is 0.0897 e. The van der Waals surface area contributed by atoms with Gasteiger partial charge in [0, 0.05) is 25.9 Å². The van der Waals surface area contributed by atoms with Crippen molar-refractivity contribution in [3.63, 3.8) is 0 Å². The number of hydrogen-bond donors (Lipinski definition) is 2. The first-order chi connectivity index (χ1) is 9.27. The van der Waals surface area contributed by atoms with Crippen LogP contribution in [0.15, 0.2) is 18.3 Å². The van der Waals surface area contributed by atoms with Crippen molar-refractivity contribution in [2.24, 2.45) is 0 Å². The number of nitrogens with one attached hydrogen (secondary N) is 1. The highest BCUT2D eigenvalue weighted by Crippen LogP contribution is 2.05. The Hall–Kier alpha value is -0.970. The third kappa shape index (κ3) is 6.66. The van der Waals surface area contributed by atoms with E-state index in [2.05, 4.69) is 30.2 Å². The van der Waals surface area contributed by atoms with E-state index in [9.17, 15) is 5.11 Å². The molecule has 0 saturated carbocycles. The molecule has 0 amide bonds. The molecule has 1 rings (SSSR count). The van der Waals surface area contributed by atoms with Gasteiger partial charge in [0.2, 0.25) is 0 Å². The minimum absolute atomic E-state index is 0.399. The molecule has 0 saturated heterocycles. The standard InChI is InChI=1S/C15H26N2O2/c1-3-5-9-19-12-14(18)10-16-11-15-13(4-2)7-6-8-17-15/h6-8,14,16,18H,3-5,9-12H2,1-2H3. The summed E-state index contributed by atoms with van der Waals surface area (Å²) in [5, 5.41) is 13.0. The lowest BCUT2D eigenvalue weighted by Gasteiger charge is -2.13. The van der Waals surface area contributed by atoms with E-state index in [1.807, 2.05) is 6.07 Å². The molecule has 108 valence electrons. The number of hydrogen-bond acceptors (Lipinski definition) is 4. The normalized spacial score (nSPS) is 12.6. The molecule has 1 heterocycles. The minimum Gasteiger partial charge on any atom is -0.389 e. The molecule has 1 aromatic heterocycles. The molecule has 1 aromatic rings. The van der Waals surface area contributed by atoms with Crippen molar-refractivity contribution in [2.45, 2.75) is 45.8 Å². The summed E-state index contributed by atoms with van der Waals surface area (Å²) in [5.41, 5.74) is 2.31. The van der Waals surface area contributed by atoms with E-state index in [0.717, 1.165) is 31.6 Å². The van der Waals surface area contributed by atoms with Crippen molar-refractivity contribution in [3.8, 4) is 0 Å². The van der Waals surface area contributed by atoms with E-state index < -0.39 is 6.10 Å². The Kier molecular flexibility index (Phi) is 8.38. The fourth-order valence-corrected chi connectivity index (χ4v) is 1.83. The molecule has 0 spiro atoms. The zero-order valence-corrected chi connectivity index (χ0v) is 12.1. The number of aromatic nitrogens is 1. The Morgan fingerprint density at radius 1 is 1.42 bits per heavy atom. The third-order valence-corrected chi connectivity index (χ3v) is 2.99. The van der Waals surface area contributed by atoms with Gasteiger partial charge < -0.3 is 15.2 Å². The van der Waals surface area contributed by atoms with Crippen LogP contribution >= 0.6 is 0 Å². The van der Waals surface area contributed by atoms with Gasteiger partial charge in [-0.15, -0.1) is 0 Å². The molecule has 0 aliphatic carbocycles. The Bertz CT molecular complexity index is 345. The summed E-state index contributed by atoms with van der Waals surface area (Å²) >= 11 is 0. The van der Waals surface area contributed by atoms with Crippen LogP contribution in [0.5, 0.6) is 0 Å². The fraction of sp³-hybridized carbons (Fsp3) is 0.667. The number of ether oxygens (including phenoxy) is 1. The Labute approximate surface area is 116 Å². The molecule has 19 heavy (non-hydrogen) atoms. The van der Waals surface area contributed by atoms with Crippen LogP contribution in [0.25, 0.3) is 0 Å². The highest BCUT2D eigenvalue weighted by molar-refractivity contribution is 5.19. The molecule has 0 fully saturated rings. The lowest BCUT2D eigenvalue weighted by Crippen LogP contribution is -2.30. The average molecular weight is 266 g/mol. The van der Waals surface area contributed by atoms with Crippen molar-refractivity contribution in [1.82, 2.24) is 10.3 Å². The topological polar surface area (TPSA) is 54.4 Å². The molecule has 4 heteroatoms. The summed E-state index contributed by atoms with van der Waals surface area (Å²) in [5.74, 6) is 0. The number of aryl methyl sites for hydroxylation is 1. The number of aliphatic hydroxyl groups is 1. The van der Waals surface area contributed by atoms with E-state index in [-0.39, 0.29) is 0 Å². The maximum atomic E-state index is 9.75. The molecule has 0 bridgehead atoms. The number of aliphatic hydroxyl groups excluding tert-OH is 1. The van der Waals surface area contributed by atoms with Gasteiger partial charge in [-0.3, -0.25) is 4.98 Å². The van der Waals surface area contributed by atoms with Gasteiger partial charge in [-0.2, -0.15) is 0 Å². The van der Waals surface area contributed by atoms with E-state index in [0.29, 0.717) is 19.7 Å². The van der Waals surface area contributed by atoms with E-state index in [1.165, 1.54) is 5.56 Å². The molecule has 0 aromatic carbocycles. The van der Waals surface area contributed by atoms with Crippen molar-refractivity contribution in [1.29, 1.82) is 0 Å². The fourth-order valence-electron chi connectivity index (χ4n) is 1.83. The molecule has 0 aliphatic rings. The van der Waals surface area contributed by atoms with Gasteiger partial charge in [0.1, 0.15) is 0 Å².